The Morgan fingerprint density at radius 1 is 1.10 bits per heavy atom. The lowest BCUT2D eigenvalue weighted by Crippen LogP contribution is -1.98. The van der Waals surface area contributed by atoms with Gasteiger partial charge in [-0.3, -0.25) is 4.68 Å². The van der Waals surface area contributed by atoms with Crippen LogP contribution in [0.1, 0.15) is 23.7 Å². The molecule has 5 heteroatoms. The third-order valence-electron chi connectivity index (χ3n) is 3.47. The van der Waals surface area contributed by atoms with Crippen LogP contribution in [0.5, 0.6) is 0 Å². The van der Waals surface area contributed by atoms with Gasteiger partial charge in [0.2, 0.25) is 0 Å². The van der Waals surface area contributed by atoms with E-state index >= 15 is 0 Å². The molecule has 0 aliphatic heterocycles. The lowest BCUT2D eigenvalue weighted by molar-refractivity contribution is 0.168. The lowest BCUT2D eigenvalue weighted by atomic mass is 10.1. The molecule has 0 spiro atoms. The number of aliphatic hydroxyl groups excluding tert-OH is 1. The van der Waals surface area contributed by atoms with Gasteiger partial charge >= 0.3 is 0 Å². The van der Waals surface area contributed by atoms with Crippen molar-refractivity contribution in [3.8, 4) is 5.69 Å². The summed E-state index contributed by atoms with van der Waals surface area (Å²) in [6.07, 6.45) is 8.35. The van der Waals surface area contributed by atoms with Crippen molar-refractivity contribution in [2.75, 3.05) is 0 Å². The normalized spacial score (nSPS) is 12.5. The Kier molecular flexibility index (Phi) is 3.83. The highest BCUT2D eigenvalue weighted by Crippen LogP contribution is 2.19. The molecular weight excluding hydrogens is 264 g/mol. The van der Waals surface area contributed by atoms with E-state index in [1.54, 1.807) is 15.6 Å². The Balaban J connectivity index is 1.65. The van der Waals surface area contributed by atoms with E-state index in [0.29, 0.717) is 6.42 Å². The zero-order valence-electron chi connectivity index (χ0n) is 11.9. The van der Waals surface area contributed by atoms with E-state index in [1.807, 2.05) is 56.0 Å². The Hall–Kier alpha value is -2.40. The van der Waals surface area contributed by atoms with Gasteiger partial charge < -0.3 is 5.11 Å². The summed E-state index contributed by atoms with van der Waals surface area (Å²) < 4.78 is 3.55. The van der Waals surface area contributed by atoms with Crippen molar-refractivity contribution < 1.29 is 5.11 Å². The fraction of sp³-hybridized carbons (Fsp3) is 0.250. The van der Waals surface area contributed by atoms with Crippen LogP contribution in [0.2, 0.25) is 0 Å². The zero-order valence-corrected chi connectivity index (χ0v) is 11.9. The summed E-state index contributed by atoms with van der Waals surface area (Å²) in [7, 11) is 1.89. The molecule has 2 heterocycles. The second-order valence-corrected chi connectivity index (χ2v) is 5.13. The first-order chi connectivity index (χ1) is 10.2. The van der Waals surface area contributed by atoms with Gasteiger partial charge in [-0.05, 0) is 30.5 Å². The quantitative estimate of drug-likeness (QED) is 0.781. The molecule has 0 radical (unpaired) electrons. The molecule has 0 fully saturated rings. The van der Waals surface area contributed by atoms with Crippen molar-refractivity contribution in [2.24, 2.45) is 7.05 Å². The summed E-state index contributed by atoms with van der Waals surface area (Å²) >= 11 is 0. The van der Waals surface area contributed by atoms with Crippen LogP contribution in [-0.4, -0.2) is 24.7 Å². The number of para-hydroxylation sites is 1. The van der Waals surface area contributed by atoms with Crippen LogP contribution in [0.25, 0.3) is 5.69 Å². The van der Waals surface area contributed by atoms with Gasteiger partial charge in [-0.25, -0.2) is 4.68 Å². The standard InChI is InChI=1S/C16H18N4O/c1-19-11-13(9-17-19)7-8-16(21)14-10-18-20(12-14)15-5-3-2-4-6-15/h2-6,9-12,16,21H,7-8H2,1H3. The molecule has 0 saturated heterocycles. The van der Waals surface area contributed by atoms with Crippen molar-refractivity contribution in [2.45, 2.75) is 18.9 Å². The fourth-order valence-electron chi connectivity index (χ4n) is 2.30. The van der Waals surface area contributed by atoms with E-state index < -0.39 is 6.10 Å². The van der Waals surface area contributed by atoms with Gasteiger partial charge in [0.05, 0.1) is 24.2 Å². The molecule has 3 rings (SSSR count). The van der Waals surface area contributed by atoms with Crippen LogP contribution >= 0.6 is 0 Å². The van der Waals surface area contributed by atoms with E-state index in [1.165, 1.54) is 0 Å². The second kappa shape index (κ2) is 5.93. The zero-order chi connectivity index (χ0) is 14.7. The molecule has 2 aromatic heterocycles. The van der Waals surface area contributed by atoms with Gasteiger partial charge in [0.15, 0.2) is 0 Å². The van der Waals surface area contributed by atoms with Crippen molar-refractivity contribution in [3.63, 3.8) is 0 Å². The van der Waals surface area contributed by atoms with E-state index in [2.05, 4.69) is 10.2 Å². The van der Waals surface area contributed by atoms with Gasteiger partial charge in [0.1, 0.15) is 0 Å². The Labute approximate surface area is 123 Å². The molecule has 1 aromatic carbocycles. The highest BCUT2D eigenvalue weighted by atomic mass is 16.3. The summed E-state index contributed by atoms with van der Waals surface area (Å²) in [5.74, 6) is 0. The maximum Gasteiger partial charge on any atom is 0.0823 e. The number of aliphatic hydroxyl groups is 1. The maximum absolute atomic E-state index is 10.3. The number of aromatic nitrogens is 4. The fourth-order valence-corrected chi connectivity index (χ4v) is 2.30. The molecule has 1 atom stereocenters. The third kappa shape index (κ3) is 3.20. The van der Waals surface area contributed by atoms with Crippen LogP contribution in [-0.2, 0) is 13.5 Å². The molecule has 21 heavy (non-hydrogen) atoms. The van der Waals surface area contributed by atoms with Crippen LogP contribution in [0.15, 0.2) is 55.1 Å². The monoisotopic (exact) mass is 282 g/mol. The minimum Gasteiger partial charge on any atom is -0.388 e. The maximum atomic E-state index is 10.3. The first-order valence-electron chi connectivity index (χ1n) is 6.98. The van der Waals surface area contributed by atoms with Gasteiger partial charge in [0.25, 0.3) is 0 Å². The van der Waals surface area contributed by atoms with Gasteiger partial charge in [-0.15, -0.1) is 0 Å². The molecule has 108 valence electrons. The summed E-state index contributed by atoms with van der Waals surface area (Å²) in [5, 5.41) is 18.7. The van der Waals surface area contributed by atoms with Crippen LogP contribution in [0.3, 0.4) is 0 Å². The first kappa shape index (κ1) is 13.6. The van der Waals surface area contributed by atoms with E-state index in [-0.39, 0.29) is 0 Å². The highest BCUT2D eigenvalue weighted by molar-refractivity contribution is 5.31. The van der Waals surface area contributed by atoms with Crippen molar-refractivity contribution >= 4 is 0 Å². The van der Waals surface area contributed by atoms with E-state index in [9.17, 15) is 5.11 Å². The number of benzene rings is 1. The molecule has 0 saturated carbocycles. The third-order valence-corrected chi connectivity index (χ3v) is 3.47. The van der Waals surface area contributed by atoms with Crippen molar-refractivity contribution in [1.29, 1.82) is 0 Å². The molecule has 0 aliphatic rings. The minimum atomic E-state index is -0.511. The van der Waals surface area contributed by atoms with E-state index in [0.717, 1.165) is 23.2 Å². The summed E-state index contributed by atoms with van der Waals surface area (Å²) in [6, 6.07) is 9.87. The smallest absolute Gasteiger partial charge is 0.0823 e. The van der Waals surface area contributed by atoms with Crippen molar-refractivity contribution in [1.82, 2.24) is 19.6 Å². The topological polar surface area (TPSA) is 55.9 Å². The largest absolute Gasteiger partial charge is 0.388 e. The Morgan fingerprint density at radius 3 is 2.62 bits per heavy atom. The summed E-state index contributed by atoms with van der Waals surface area (Å²) in [5.41, 5.74) is 2.96. The van der Waals surface area contributed by atoms with Crippen LogP contribution in [0.4, 0.5) is 0 Å². The molecule has 0 aliphatic carbocycles. The molecule has 5 nitrogen and oxygen atoms in total. The van der Waals surface area contributed by atoms with Gasteiger partial charge in [0, 0.05) is 25.0 Å². The lowest BCUT2D eigenvalue weighted by Gasteiger charge is -2.06. The molecule has 1 unspecified atom stereocenters. The second-order valence-electron chi connectivity index (χ2n) is 5.13. The molecule has 1 N–H and O–H groups in total. The van der Waals surface area contributed by atoms with Crippen LogP contribution in [0, 0.1) is 0 Å². The molecule has 0 amide bonds. The number of hydrogen-bond acceptors (Lipinski definition) is 3. The number of rotatable bonds is 5. The van der Waals surface area contributed by atoms with Crippen molar-refractivity contribution in [3.05, 3.63) is 66.2 Å². The summed E-state index contributed by atoms with van der Waals surface area (Å²) in [6.45, 7) is 0. The average molecular weight is 282 g/mol. The number of aryl methyl sites for hydroxylation is 2. The van der Waals surface area contributed by atoms with Gasteiger partial charge in [-0.1, -0.05) is 18.2 Å². The van der Waals surface area contributed by atoms with E-state index in [4.69, 9.17) is 0 Å². The minimum absolute atomic E-state index is 0.511. The first-order valence-corrected chi connectivity index (χ1v) is 6.98. The number of hydrogen-bond donors (Lipinski definition) is 1. The predicted molar refractivity (Wildman–Crippen MR) is 80.1 cm³/mol. The Morgan fingerprint density at radius 2 is 1.90 bits per heavy atom. The highest BCUT2D eigenvalue weighted by Gasteiger charge is 2.11. The Bertz CT molecular complexity index is 702. The predicted octanol–water partition coefficient (Wildman–Crippen LogP) is 2.27. The average Bonchev–Trinajstić information content (AvgIpc) is 3.15. The summed E-state index contributed by atoms with van der Waals surface area (Å²) in [4.78, 5) is 0. The van der Waals surface area contributed by atoms with Crippen LogP contribution < -0.4 is 0 Å². The molecule has 0 bridgehead atoms. The van der Waals surface area contributed by atoms with Gasteiger partial charge in [-0.2, -0.15) is 10.2 Å². The molecular formula is C16H18N4O. The SMILES string of the molecule is Cn1cc(CCC(O)c2cnn(-c3ccccc3)c2)cn1. The number of nitrogens with zero attached hydrogens (tertiary/aromatic N) is 4. The molecule has 3 aromatic rings.